The van der Waals surface area contributed by atoms with Gasteiger partial charge < -0.3 is 5.11 Å². The van der Waals surface area contributed by atoms with Crippen LogP contribution in [0.5, 0.6) is 0 Å². The van der Waals surface area contributed by atoms with Crippen LogP contribution in [0.25, 0.3) is 0 Å². The van der Waals surface area contributed by atoms with Gasteiger partial charge in [0.05, 0.1) is 6.10 Å². The zero-order valence-electron chi connectivity index (χ0n) is 8.41. The lowest BCUT2D eigenvalue weighted by atomic mass is 9.79. The van der Waals surface area contributed by atoms with Crippen LogP contribution in [0, 0.1) is 5.92 Å². The molecule has 0 spiro atoms. The van der Waals surface area contributed by atoms with Crippen molar-refractivity contribution in [3.63, 3.8) is 0 Å². The highest BCUT2D eigenvalue weighted by Crippen LogP contribution is 2.48. The number of hydrogen-bond donors (Lipinski definition) is 1. The second kappa shape index (κ2) is 2.58. The predicted molar refractivity (Wildman–Crippen MR) is 53.6 cm³/mol. The van der Waals surface area contributed by atoms with Gasteiger partial charge >= 0.3 is 0 Å². The van der Waals surface area contributed by atoms with Gasteiger partial charge in [0.15, 0.2) is 0 Å². The average Bonchev–Trinajstić information content (AvgIpc) is 2.30. The molecule has 0 aliphatic heterocycles. The summed E-state index contributed by atoms with van der Waals surface area (Å²) in [4.78, 5) is 0. The molecule has 0 fully saturated rings. The molecule has 0 unspecified atom stereocenters. The molecule has 1 aromatic carbocycles. The van der Waals surface area contributed by atoms with E-state index in [0.29, 0.717) is 5.92 Å². The lowest BCUT2D eigenvalue weighted by molar-refractivity contribution is 0.101. The Morgan fingerprint density at radius 2 is 1.85 bits per heavy atom. The van der Waals surface area contributed by atoms with Gasteiger partial charge in [-0.05, 0) is 22.5 Å². The fraction of sp³-hybridized carbons (Fsp3) is 0.500. The molecule has 1 aromatic rings. The van der Waals surface area contributed by atoms with Crippen molar-refractivity contribution in [1.29, 1.82) is 0 Å². The van der Waals surface area contributed by atoms with E-state index in [1.165, 1.54) is 5.56 Å². The van der Waals surface area contributed by atoms with E-state index in [4.69, 9.17) is 0 Å². The van der Waals surface area contributed by atoms with Gasteiger partial charge in [-0.1, -0.05) is 45.0 Å². The first-order chi connectivity index (χ1) is 6.05. The molecule has 0 bridgehead atoms. The van der Waals surface area contributed by atoms with Crippen LogP contribution in [-0.4, -0.2) is 5.11 Å². The number of hydrogen-bond acceptors (Lipinski definition) is 1. The molecular weight excluding hydrogens is 160 g/mol. The molecular formula is C12H16O. The van der Waals surface area contributed by atoms with E-state index in [1.54, 1.807) is 0 Å². The molecule has 0 aromatic heterocycles. The van der Waals surface area contributed by atoms with E-state index in [2.05, 4.69) is 26.8 Å². The minimum absolute atomic E-state index is 0.107. The maximum atomic E-state index is 9.99. The summed E-state index contributed by atoms with van der Waals surface area (Å²) < 4.78 is 0. The predicted octanol–water partition coefficient (Wildman–Crippen LogP) is 2.65. The summed E-state index contributed by atoms with van der Waals surface area (Å²) in [5.41, 5.74) is 2.52. The molecule has 70 valence electrons. The van der Waals surface area contributed by atoms with Crippen molar-refractivity contribution in [3.8, 4) is 0 Å². The molecule has 0 radical (unpaired) electrons. The summed E-state index contributed by atoms with van der Waals surface area (Å²) in [5, 5.41) is 9.99. The van der Waals surface area contributed by atoms with Crippen LogP contribution >= 0.6 is 0 Å². The quantitative estimate of drug-likeness (QED) is 0.644. The summed E-state index contributed by atoms with van der Waals surface area (Å²) in [6, 6.07) is 8.20. The number of aliphatic hydroxyl groups excluding tert-OH is 1. The zero-order valence-corrected chi connectivity index (χ0v) is 8.41. The van der Waals surface area contributed by atoms with Crippen LogP contribution in [0.3, 0.4) is 0 Å². The van der Waals surface area contributed by atoms with Crippen LogP contribution < -0.4 is 0 Å². The molecule has 1 aliphatic carbocycles. The molecule has 1 heteroatoms. The standard InChI is InChI=1S/C12H16O/c1-8-11(13)9-6-4-5-7-10(9)12(8,2)3/h4-8,11,13H,1-3H3/t8-,11-/m0/s1. The Morgan fingerprint density at radius 3 is 2.46 bits per heavy atom. The molecule has 0 saturated heterocycles. The number of aliphatic hydroxyl groups is 1. The van der Waals surface area contributed by atoms with Crippen molar-refractivity contribution in [3.05, 3.63) is 35.4 Å². The Hall–Kier alpha value is -0.820. The van der Waals surface area contributed by atoms with Gasteiger partial charge in [0, 0.05) is 0 Å². The monoisotopic (exact) mass is 176 g/mol. The Morgan fingerprint density at radius 1 is 1.23 bits per heavy atom. The van der Waals surface area contributed by atoms with Gasteiger partial charge in [-0.15, -0.1) is 0 Å². The third-order valence-electron chi connectivity index (χ3n) is 3.59. The number of fused-ring (bicyclic) bond motifs is 1. The van der Waals surface area contributed by atoms with E-state index in [0.717, 1.165) is 5.56 Å². The molecule has 1 N–H and O–H groups in total. The lowest BCUT2D eigenvalue weighted by Crippen LogP contribution is -2.23. The lowest BCUT2D eigenvalue weighted by Gasteiger charge is -2.26. The molecule has 1 nitrogen and oxygen atoms in total. The second-order valence-electron chi connectivity index (χ2n) is 4.54. The Balaban J connectivity index is 2.61. The number of benzene rings is 1. The number of rotatable bonds is 0. The minimum Gasteiger partial charge on any atom is -0.388 e. The normalized spacial score (nSPS) is 30.2. The summed E-state index contributed by atoms with van der Waals surface area (Å²) >= 11 is 0. The molecule has 1 aliphatic rings. The highest BCUT2D eigenvalue weighted by molar-refractivity contribution is 5.41. The van der Waals surface area contributed by atoms with Gasteiger partial charge in [-0.25, -0.2) is 0 Å². The average molecular weight is 176 g/mol. The SMILES string of the molecule is C[C@H]1[C@H](O)c2ccccc2C1(C)C. The van der Waals surface area contributed by atoms with Crippen molar-refractivity contribution >= 4 is 0 Å². The van der Waals surface area contributed by atoms with Crippen molar-refractivity contribution in [2.45, 2.75) is 32.3 Å². The largest absolute Gasteiger partial charge is 0.388 e. The Kier molecular flexibility index (Phi) is 1.74. The first-order valence-corrected chi connectivity index (χ1v) is 4.82. The van der Waals surface area contributed by atoms with Crippen molar-refractivity contribution in [2.75, 3.05) is 0 Å². The van der Waals surface area contributed by atoms with Crippen molar-refractivity contribution in [1.82, 2.24) is 0 Å². The molecule has 2 rings (SSSR count). The molecule has 13 heavy (non-hydrogen) atoms. The molecule has 0 saturated carbocycles. The maximum absolute atomic E-state index is 9.99. The summed E-state index contributed by atoms with van der Waals surface area (Å²) in [6.07, 6.45) is -0.286. The molecule has 0 heterocycles. The zero-order chi connectivity index (χ0) is 9.64. The van der Waals surface area contributed by atoms with E-state index in [9.17, 15) is 5.11 Å². The topological polar surface area (TPSA) is 20.2 Å². The Labute approximate surface area is 79.4 Å². The van der Waals surface area contributed by atoms with Crippen LogP contribution in [0.2, 0.25) is 0 Å². The highest BCUT2D eigenvalue weighted by atomic mass is 16.3. The van der Waals surface area contributed by atoms with Crippen molar-refractivity contribution < 1.29 is 5.11 Å². The van der Waals surface area contributed by atoms with E-state index >= 15 is 0 Å². The highest BCUT2D eigenvalue weighted by Gasteiger charge is 2.42. The first-order valence-electron chi connectivity index (χ1n) is 4.82. The van der Waals surface area contributed by atoms with Gasteiger partial charge in [-0.2, -0.15) is 0 Å². The fourth-order valence-electron chi connectivity index (χ4n) is 2.25. The van der Waals surface area contributed by atoms with Crippen LogP contribution in [0.1, 0.15) is 38.0 Å². The van der Waals surface area contributed by atoms with Crippen LogP contribution in [0.4, 0.5) is 0 Å². The summed E-state index contributed by atoms with van der Waals surface area (Å²) in [5.74, 6) is 0.310. The van der Waals surface area contributed by atoms with Gasteiger partial charge in [0.2, 0.25) is 0 Å². The summed E-state index contributed by atoms with van der Waals surface area (Å²) in [7, 11) is 0. The van der Waals surface area contributed by atoms with E-state index < -0.39 is 0 Å². The van der Waals surface area contributed by atoms with E-state index in [1.807, 2.05) is 18.2 Å². The first kappa shape index (κ1) is 8.76. The third kappa shape index (κ3) is 1.03. The van der Waals surface area contributed by atoms with Crippen LogP contribution in [-0.2, 0) is 5.41 Å². The minimum atomic E-state index is -0.286. The Bertz CT molecular complexity index is 328. The molecule has 2 atom stereocenters. The van der Waals surface area contributed by atoms with Crippen LogP contribution in [0.15, 0.2) is 24.3 Å². The second-order valence-corrected chi connectivity index (χ2v) is 4.54. The van der Waals surface area contributed by atoms with Crippen molar-refractivity contribution in [2.24, 2.45) is 5.92 Å². The smallest absolute Gasteiger partial charge is 0.0826 e. The van der Waals surface area contributed by atoms with E-state index in [-0.39, 0.29) is 11.5 Å². The maximum Gasteiger partial charge on any atom is 0.0826 e. The summed E-state index contributed by atoms with van der Waals surface area (Å²) in [6.45, 7) is 6.52. The van der Waals surface area contributed by atoms with Gasteiger partial charge in [0.1, 0.15) is 0 Å². The van der Waals surface area contributed by atoms with Gasteiger partial charge in [-0.3, -0.25) is 0 Å². The third-order valence-corrected chi connectivity index (χ3v) is 3.59. The molecule has 0 amide bonds. The fourth-order valence-corrected chi connectivity index (χ4v) is 2.25. The van der Waals surface area contributed by atoms with Gasteiger partial charge in [0.25, 0.3) is 0 Å².